The molecule has 1 aromatic rings. The van der Waals surface area contributed by atoms with Gasteiger partial charge in [-0.25, -0.2) is 0 Å². The minimum atomic E-state index is -0.479. The summed E-state index contributed by atoms with van der Waals surface area (Å²) in [5.41, 5.74) is 6.32. The summed E-state index contributed by atoms with van der Waals surface area (Å²) in [6, 6.07) is 2.51. The number of carbonyl (C=O) groups excluding carboxylic acids is 2. The molecule has 1 aliphatic rings. The van der Waals surface area contributed by atoms with Crippen molar-refractivity contribution >= 4 is 40.7 Å². The van der Waals surface area contributed by atoms with Gasteiger partial charge in [-0.1, -0.05) is 23.2 Å². The van der Waals surface area contributed by atoms with E-state index in [1.165, 1.54) is 12.1 Å². The van der Waals surface area contributed by atoms with Crippen molar-refractivity contribution in [3.05, 3.63) is 27.7 Å². The number of rotatable bonds is 2. The van der Waals surface area contributed by atoms with Crippen molar-refractivity contribution < 1.29 is 9.59 Å². The summed E-state index contributed by atoms with van der Waals surface area (Å²) in [5.74, 6) is -0.489. The first-order chi connectivity index (χ1) is 9.95. The largest absolute Gasteiger partial charge is 0.399 e. The van der Waals surface area contributed by atoms with Crippen molar-refractivity contribution in [2.45, 2.75) is 25.3 Å². The number of halogens is 2. The Kier molecular flexibility index (Phi) is 4.96. The van der Waals surface area contributed by atoms with Crippen LogP contribution in [0.3, 0.4) is 0 Å². The Morgan fingerprint density at radius 3 is 2.71 bits per heavy atom. The average Bonchev–Trinajstić information content (AvgIpc) is 2.49. The maximum atomic E-state index is 12.7. The van der Waals surface area contributed by atoms with E-state index >= 15 is 0 Å². The van der Waals surface area contributed by atoms with E-state index in [4.69, 9.17) is 28.9 Å². The van der Waals surface area contributed by atoms with Crippen molar-refractivity contribution in [3.63, 3.8) is 0 Å². The van der Waals surface area contributed by atoms with Gasteiger partial charge in [-0.05, 0) is 31.4 Å². The van der Waals surface area contributed by atoms with Crippen LogP contribution < -0.4 is 11.1 Å². The highest BCUT2D eigenvalue weighted by atomic mass is 35.5. The number of hydrogen-bond acceptors (Lipinski definition) is 3. The van der Waals surface area contributed by atoms with Crippen molar-refractivity contribution in [2.24, 2.45) is 0 Å². The van der Waals surface area contributed by atoms with Crippen LogP contribution >= 0.6 is 23.2 Å². The SMILES string of the molecule is CNC(=O)C1CCCCN1C(=O)c1cc(N)cc(Cl)c1Cl. The first kappa shape index (κ1) is 15.9. The highest BCUT2D eigenvalue weighted by molar-refractivity contribution is 6.44. The van der Waals surface area contributed by atoms with Crippen LogP contribution in [-0.4, -0.2) is 36.3 Å². The minimum Gasteiger partial charge on any atom is -0.399 e. The van der Waals surface area contributed by atoms with Gasteiger partial charge in [0.1, 0.15) is 6.04 Å². The van der Waals surface area contributed by atoms with Crippen LogP contribution in [0.15, 0.2) is 12.1 Å². The fourth-order valence-corrected chi connectivity index (χ4v) is 2.95. The molecule has 1 heterocycles. The predicted molar refractivity (Wildman–Crippen MR) is 83.6 cm³/mol. The molecule has 0 spiro atoms. The smallest absolute Gasteiger partial charge is 0.256 e. The predicted octanol–water partition coefficient (Wildman–Crippen LogP) is 2.32. The Balaban J connectivity index is 2.35. The first-order valence-corrected chi connectivity index (χ1v) is 7.48. The molecule has 1 saturated heterocycles. The van der Waals surface area contributed by atoms with Crippen molar-refractivity contribution in [2.75, 3.05) is 19.3 Å². The third kappa shape index (κ3) is 3.24. The summed E-state index contributed by atoms with van der Waals surface area (Å²) in [5, 5.41) is 2.99. The van der Waals surface area contributed by atoms with Gasteiger partial charge in [0, 0.05) is 19.3 Å². The van der Waals surface area contributed by atoms with E-state index in [9.17, 15) is 9.59 Å². The third-order valence-electron chi connectivity index (χ3n) is 3.59. The molecule has 0 aliphatic carbocycles. The molecule has 21 heavy (non-hydrogen) atoms. The summed E-state index contributed by atoms with van der Waals surface area (Å²) in [6.45, 7) is 0.514. The molecular formula is C14H17Cl2N3O2. The number of piperidine rings is 1. The van der Waals surface area contributed by atoms with Crippen LogP contribution in [0.5, 0.6) is 0 Å². The zero-order valence-electron chi connectivity index (χ0n) is 11.7. The van der Waals surface area contributed by atoms with Crippen LogP contribution in [0.4, 0.5) is 5.69 Å². The standard InChI is InChI=1S/C14H17Cl2N3O2/c1-18-13(20)11-4-2-3-5-19(11)14(21)9-6-8(17)7-10(15)12(9)16/h6-7,11H,2-5,17H2,1H3,(H,18,20). The van der Waals surface area contributed by atoms with Crippen LogP contribution in [0.25, 0.3) is 0 Å². The Labute approximate surface area is 133 Å². The molecular weight excluding hydrogens is 313 g/mol. The zero-order valence-corrected chi connectivity index (χ0v) is 13.2. The molecule has 2 amide bonds. The molecule has 2 rings (SSSR count). The molecule has 1 fully saturated rings. The maximum Gasteiger partial charge on any atom is 0.256 e. The second-order valence-corrected chi connectivity index (χ2v) is 5.77. The molecule has 1 atom stereocenters. The van der Waals surface area contributed by atoms with Crippen LogP contribution in [-0.2, 0) is 4.79 Å². The highest BCUT2D eigenvalue weighted by Gasteiger charge is 2.33. The summed E-state index contributed by atoms with van der Waals surface area (Å²) >= 11 is 12.1. The number of nitrogen functional groups attached to an aromatic ring is 1. The van der Waals surface area contributed by atoms with Gasteiger partial charge >= 0.3 is 0 Å². The van der Waals surface area contributed by atoms with Gasteiger partial charge in [0.2, 0.25) is 5.91 Å². The lowest BCUT2D eigenvalue weighted by molar-refractivity contribution is -0.126. The quantitative estimate of drug-likeness (QED) is 0.817. The highest BCUT2D eigenvalue weighted by Crippen LogP contribution is 2.31. The molecule has 0 saturated carbocycles. The number of amides is 2. The molecule has 1 aliphatic heterocycles. The van der Waals surface area contributed by atoms with Gasteiger partial charge in [0.25, 0.3) is 5.91 Å². The fourth-order valence-electron chi connectivity index (χ4n) is 2.53. The van der Waals surface area contributed by atoms with Crippen LogP contribution in [0.2, 0.25) is 10.0 Å². The van der Waals surface area contributed by atoms with Crippen LogP contribution in [0.1, 0.15) is 29.6 Å². The Hall–Kier alpha value is -1.46. The number of nitrogens with two attached hydrogens (primary N) is 1. The number of hydrogen-bond donors (Lipinski definition) is 2. The second-order valence-electron chi connectivity index (χ2n) is 4.99. The molecule has 1 unspecified atom stereocenters. The molecule has 7 heteroatoms. The van der Waals surface area contributed by atoms with Gasteiger partial charge in [0.05, 0.1) is 15.6 Å². The summed E-state index contributed by atoms with van der Waals surface area (Å²) in [4.78, 5) is 26.2. The zero-order chi connectivity index (χ0) is 15.6. The molecule has 0 radical (unpaired) electrons. The monoisotopic (exact) mass is 329 g/mol. The minimum absolute atomic E-state index is 0.164. The van der Waals surface area contributed by atoms with E-state index in [0.29, 0.717) is 18.7 Å². The molecule has 5 nitrogen and oxygen atoms in total. The number of likely N-dealkylation sites (tertiary alicyclic amines) is 1. The van der Waals surface area contributed by atoms with Crippen molar-refractivity contribution in [3.8, 4) is 0 Å². The fraction of sp³-hybridized carbons (Fsp3) is 0.429. The normalized spacial score (nSPS) is 18.4. The van der Waals surface area contributed by atoms with Gasteiger partial charge < -0.3 is 16.0 Å². The molecule has 1 aromatic carbocycles. The lowest BCUT2D eigenvalue weighted by Crippen LogP contribution is -2.51. The van der Waals surface area contributed by atoms with E-state index in [2.05, 4.69) is 5.32 Å². The Bertz CT molecular complexity index is 578. The number of benzene rings is 1. The van der Waals surface area contributed by atoms with Crippen molar-refractivity contribution in [1.82, 2.24) is 10.2 Å². The van der Waals surface area contributed by atoms with Gasteiger partial charge in [-0.3, -0.25) is 9.59 Å². The average molecular weight is 330 g/mol. The number of likely N-dealkylation sites (N-methyl/N-ethyl adjacent to an activating group) is 1. The van der Waals surface area contributed by atoms with Crippen LogP contribution in [0, 0.1) is 0 Å². The lowest BCUT2D eigenvalue weighted by Gasteiger charge is -2.34. The van der Waals surface area contributed by atoms with Gasteiger partial charge in [-0.15, -0.1) is 0 Å². The van der Waals surface area contributed by atoms with E-state index in [1.54, 1.807) is 11.9 Å². The topological polar surface area (TPSA) is 75.4 Å². The molecule has 0 bridgehead atoms. The van der Waals surface area contributed by atoms with Gasteiger partial charge in [0.15, 0.2) is 0 Å². The molecule has 3 N–H and O–H groups in total. The number of carbonyl (C=O) groups is 2. The van der Waals surface area contributed by atoms with Crippen molar-refractivity contribution in [1.29, 1.82) is 0 Å². The first-order valence-electron chi connectivity index (χ1n) is 6.72. The number of nitrogens with zero attached hydrogens (tertiary/aromatic N) is 1. The van der Waals surface area contributed by atoms with Gasteiger partial charge in [-0.2, -0.15) is 0 Å². The number of nitrogens with one attached hydrogen (secondary N) is 1. The Morgan fingerprint density at radius 2 is 2.05 bits per heavy atom. The van der Waals surface area contributed by atoms with E-state index in [0.717, 1.165) is 12.8 Å². The second kappa shape index (κ2) is 6.54. The maximum absolute atomic E-state index is 12.7. The number of anilines is 1. The summed E-state index contributed by atoms with van der Waals surface area (Å²) in [6.07, 6.45) is 2.40. The Morgan fingerprint density at radius 1 is 1.33 bits per heavy atom. The van der Waals surface area contributed by atoms with E-state index in [-0.39, 0.29) is 27.4 Å². The molecule has 0 aromatic heterocycles. The van der Waals surface area contributed by atoms with E-state index < -0.39 is 6.04 Å². The summed E-state index contributed by atoms with van der Waals surface area (Å²) < 4.78 is 0. The third-order valence-corrected chi connectivity index (χ3v) is 4.40. The molecule has 114 valence electrons. The van der Waals surface area contributed by atoms with E-state index in [1.807, 2.05) is 0 Å². The summed E-state index contributed by atoms with van der Waals surface area (Å²) in [7, 11) is 1.56. The lowest BCUT2D eigenvalue weighted by atomic mass is 10.00.